The maximum Gasteiger partial charge on any atom is 0.222 e. The Bertz CT molecular complexity index is 578. The van der Waals surface area contributed by atoms with Gasteiger partial charge in [-0.25, -0.2) is 0 Å². The maximum absolute atomic E-state index is 12.2. The summed E-state index contributed by atoms with van der Waals surface area (Å²) in [5, 5.41) is 2.99. The molecular weight excluding hydrogens is 312 g/mol. The van der Waals surface area contributed by atoms with E-state index in [-0.39, 0.29) is 36.8 Å². The Kier molecular flexibility index (Phi) is 8.33. The Morgan fingerprint density at radius 3 is 2.09 bits per heavy atom. The number of carbonyl (C=O) groups excluding carboxylic acids is 1. The van der Waals surface area contributed by atoms with Gasteiger partial charge in [-0.15, -0.1) is 12.4 Å². The van der Waals surface area contributed by atoms with Crippen LogP contribution in [0.3, 0.4) is 0 Å². The molecule has 0 bridgehead atoms. The second kappa shape index (κ2) is 10.0. The van der Waals surface area contributed by atoms with Crippen molar-refractivity contribution in [1.29, 1.82) is 0 Å². The van der Waals surface area contributed by atoms with Crippen molar-refractivity contribution in [3.05, 3.63) is 71.8 Å². The summed E-state index contributed by atoms with van der Waals surface area (Å²) in [4.78, 5) is 12.2. The maximum atomic E-state index is 12.2. The number of nitrogens with one attached hydrogen (secondary N) is 1. The Morgan fingerprint density at radius 1 is 1.04 bits per heavy atom. The molecule has 0 saturated heterocycles. The summed E-state index contributed by atoms with van der Waals surface area (Å²) >= 11 is 0. The standard InChI is InChI=1S/C18H22N2O2.ClH/c1-22-13-17(15-10-6-3-7-11-15)20-18(21)12-16(19)14-8-4-2-5-9-14;/h2-11,16-17H,12-13,19H2,1H3,(H,20,21);1H/t16?,17-;/m1./s1. The van der Waals surface area contributed by atoms with Crippen molar-refractivity contribution >= 4 is 18.3 Å². The molecule has 0 aliphatic carbocycles. The molecule has 124 valence electrons. The first kappa shape index (κ1) is 19.2. The van der Waals surface area contributed by atoms with Crippen molar-refractivity contribution in [2.24, 2.45) is 5.73 Å². The third kappa shape index (κ3) is 6.02. The average Bonchev–Trinajstić information content (AvgIpc) is 2.56. The number of benzene rings is 2. The Hall–Kier alpha value is -1.88. The third-order valence-corrected chi connectivity index (χ3v) is 3.50. The molecule has 3 N–H and O–H groups in total. The molecule has 2 aromatic rings. The third-order valence-electron chi connectivity index (χ3n) is 3.50. The molecule has 0 spiro atoms. The number of ether oxygens (including phenoxy) is 1. The lowest BCUT2D eigenvalue weighted by atomic mass is 10.0. The number of rotatable bonds is 7. The molecule has 2 atom stereocenters. The number of hydrogen-bond acceptors (Lipinski definition) is 3. The van der Waals surface area contributed by atoms with Crippen LogP contribution >= 0.6 is 12.4 Å². The first-order chi connectivity index (χ1) is 10.7. The lowest BCUT2D eigenvalue weighted by Gasteiger charge is -2.20. The molecule has 0 aliphatic heterocycles. The average molecular weight is 335 g/mol. The number of halogens is 1. The van der Waals surface area contributed by atoms with Gasteiger partial charge in [0, 0.05) is 19.6 Å². The SMILES string of the molecule is COC[C@@H](NC(=O)CC(N)c1ccccc1)c1ccccc1.Cl. The normalized spacial score (nSPS) is 12.8. The lowest BCUT2D eigenvalue weighted by Crippen LogP contribution is -2.33. The summed E-state index contributed by atoms with van der Waals surface area (Å²) in [5.41, 5.74) is 8.07. The molecule has 0 saturated carbocycles. The predicted molar refractivity (Wildman–Crippen MR) is 94.4 cm³/mol. The van der Waals surface area contributed by atoms with Crippen LogP contribution in [0.15, 0.2) is 60.7 Å². The van der Waals surface area contributed by atoms with Crippen molar-refractivity contribution in [2.75, 3.05) is 13.7 Å². The summed E-state index contributed by atoms with van der Waals surface area (Å²) < 4.78 is 5.20. The Balaban J connectivity index is 0.00000264. The molecular formula is C18H23ClN2O2. The van der Waals surface area contributed by atoms with Gasteiger partial charge in [0.05, 0.1) is 12.6 Å². The van der Waals surface area contributed by atoms with Gasteiger partial charge in [0.25, 0.3) is 0 Å². The van der Waals surface area contributed by atoms with Crippen molar-refractivity contribution in [2.45, 2.75) is 18.5 Å². The molecule has 0 heterocycles. The van der Waals surface area contributed by atoms with E-state index in [1.54, 1.807) is 7.11 Å². The zero-order valence-corrected chi connectivity index (χ0v) is 14.0. The molecule has 0 radical (unpaired) electrons. The van der Waals surface area contributed by atoms with Gasteiger partial charge >= 0.3 is 0 Å². The van der Waals surface area contributed by atoms with Crippen molar-refractivity contribution in [3.8, 4) is 0 Å². The highest BCUT2D eigenvalue weighted by molar-refractivity contribution is 5.85. The minimum atomic E-state index is -0.305. The minimum Gasteiger partial charge on any atom is -0.382 e. The molecule has 0 aromatic heterocycles. The number of amides is 1. The second-order valence-electron chi connectivity index (χ2n) is 5.21. The van der Waals surface area contributed by atoms with E-state index < -0.39 is 0 Å². The van der Waals surface area contributed by atoms with E-state index in [0.717, 1.165) is 11.1 Å². The summed E-state index contributed by atoms with van der Waals surface area (Å²) in [6, 6.07) is 18.9. The smallest absolute Gasteiger partial charge is 0.222 e. The van der Waals surface area contributed by atoms with Gasteiger partial charge in [-0.05, 0) is 11.1 Å². The molecule has 2 rings (SSSR count). The first-order valence-electron chi connectivity index (χ1n) is 7.34. The molecule has 4 nitrogen and oxygen atoms in total. The van der Waals surface area contributed by atoms with Gasteiger partial charge in [-0.1, -0.05) is 60.7 Å². The number of hydrogen-bond donors (Lipinski definition) is 2. The van der Waals surface area contributed by atoms with Crippen molar-refractivity contribution in [1.82, 2.24) is 5.32 Å². The van der Waals surface area contributed by atoms with E-state index in [1.807, 2.05) is 60.7 Å². The zero-order chi connectivity index (χ0) is 15.8. The van der Waals surface area contributed by atoms with E-state index >= 15 is 0 Å². The van der Waals surface area contributed by atoms with Crippen LogP contribution in [-0.2, 0) is 9.53 Å². The second-order valence-corrected chi connectivity index (χ2v) is 5.21. The molecule has 0 aliphatic rings. The molecule has 0 fully saturated rings. The Morgan fingerprint density at radius 2 is 1.57 bits per heavy atom. The highest BCUT2D eigenvalue weighted by Gasteiger charge is 2.17. The van der Waals surface area contributed by atoms with Gasteiger partial charge in [0.15, 0.2) is 0 Å². The fourth-order valence-corrected chi connectivity index (χ4v) is 2.34. The fraction of sp³-hybridized carbons (Fsp3) is 0.278. The van der Waals surface area contributed by atoms with Gasteiger partial charge in [-0.2, -0.15) is 0 Å². The van der Waals surface area contributed by atoms with Gasteiger partial charge in [0.2, 0.25) is 5.91 Å². The minimum absolute atomic E-state index is 0. The number of carbonyl (C=O) groups is 1. The van der Waals surface area contributed by atoms with Gasteiger partial charge in [0.1, 0.15) is 0 Å². The fourth-order valence-electron chi connectivity index (χ4n) is 2.34. The van der Waals surface area contributed by atoms with Crippen molar-refractivity contribution < 1.29 is 9.53 Å². The van der Waals surface area contributed by atoms with Crippen LogP contribution in [0.5, 0.6) is 0 Å². The van der Waals surface area contributed by atoms with Crippen LogP contribution < -0.4 is 11.1 Å². The molecule has 2 aromatic carbocycles. The van der Waals surface area contributed by atoms with E-state index in [9.17, 15) is 4.79 Å². The molecule has 1 amide bonds. The van der Waals surface area contributed by atoms with Crippen LogP contribution in [0.4, 0.5) is 0 Å². The lowest BCUT2D eigenvalue weighted by molar-refractivity contribution is -0.122. The summed E-state index contributed by atoms with van der Waals surface area (Å²) in [6.07, 6.45) is 0.247. The van der Waals surface area contributed by atoms with Crippen LogP contribution in [0.1, 0.15) is 29.6 Å². The molecule has 5 heteroatoms. The van der Waals surface area contributed by atoms with Crippen LogP contribution in [0.2, 0.25) is 0 Å². The van der Waals surface area contributed by atoms with E-state index in [4.69, 9.17) is 10.5 Å². The van der Waals surface area contributed by atoms with E-state index in [1.165, 1.54) is 0 Å². The Labute approximate surface area is 143 Å². The van der Waals surface area contributed by atoms with Crippen LogP contribution in [0.25, 0.3) is 0 Å². The van der Waals surface area contributed by atoms with Crippen LogP contribution in [0, 0.1) is 0 Å². The molecule has 23 heavy (non-hydrogen) atoms. The van der Waals surface area contributed by atoms with Gasteiger partial charge < -0.3 is 15.8 Å². The zero-order valence-electron chi connectivity index (χ0n) is 13.1. The van der Waals surface area contributed by atoms with Gasteiger partial charge in [-0.3, -0.25) is 4.79 Å². The highest BCUT2D eigenvalue weighted by Crippen LogP contribution is 2.16. The van der Waals surface area contributed by atoms with Crippen molar-refractivity contribution in [3.63, 3.8) is 0 Å². The monoisotopic (exact) mass is 334 g/mol. The molecule has 1 unspecified atom stereocenters. The van der Waals surface area contributed by atoms with E-state index in [0.29, 0.717) is 6.61 Å². The van der Waals surface area contributed by atoms with E-state index in [2.05, 4.69) is 5.32 Å². The summed E-state index contributed by atoms with van der Waals surface area (Å²) in [7, 11) is 1.62. The number of nitrogens with two attached hydrogens (primary N) is 1. The summed E-state index contributed by atoms with van der Waals surface area (Å²) in [6.45, 7) is 0.427. The highest BCUT2D eigenvalue weighted by atomic mass is 35.5. The number of methoxy groups -OCH3 is 1. The quantitative estimate of drug-likeness (QED) is 0.818. The topological polar surface area (TPSA) is 64.3 Å². The van der Waals surface area contributed by atoms with Crippen LogP contribution in [-0.4, -0.2) is 19.6 Å². The summed E-state index contributed by atoms with van der Waals surface area (Å²) in [5.74, 6) is -0.0812. The first-order valence-corrected chi connectivity index (χ1v) is 7.34. The largest absolute Gasteiger partial charge is 0.382 e. The predicted octanol–water partition coefficient (Wildman–Crippen LogP) is 3.00.